The molecule has 0 unspecified atom stereocenters. The van der Waals surface area contributed by atoms with Crippen LogP contribution >= 0.6 is 38.9 Å². The molecule has 0 spiro atoms. The van der Waals surface area contributed by atoms with Crippen LogP contribution in [0.3, 0.4) is 0 Å². The molecule has 5 heteroatoms. The summed E-state index contributed by atoms with van der Waals surface area (Å²) in [5.74, 6) is 0. The molecule has 0 bridgehead atoms. The van der Waals surface area contributed by atoms with Gasteiger partial charge in [-0.05, 0) is 41.9 Å². The minimum absolute atomic E-state index is 0.560. The number of halogens is 2. The van der Waals surface area contributed by atoms with Crippen molar-refractivity contribution in [2.75, 3.05) is 0 Å². The second-order valence-corrected chi connectivity index (χ2v) is 6.31. The smallest absolute Gasteiger partial charge is 0.114 e. The van der Waals surface area contributed by atoms with Crippen LogP contribution in [0.15, 0.2) is 16.6 Å². The third kappa shape index (κ3) is 1.95. The van der Waals surface area contributed by atoms with E-state index in [9.17, 15) is 0 Å². The van der Waals surface area contributed by atoms with Crippen LogP contribution in [-0.2, 0) is 5.41 Å². The molecule has 0 saturated carbocycles. The van der Waals surface area contributed by atoms with Crippen LogP contribution < -0.4 is 0 Å². The molecule has 0 N–H and O–H groups in total. The first-order valence-electron chi connectivity index (χ1n) is 4.61. The molecule has 0 fully saturated rings. The van der Waals surface area contributed by atoms with Gasteiger partial charge in [-0.25, -0.2) is 4.98 Å². The summed E-state index contributed by atoms with van der Waals surface area (Å²) in [4.78, 5) is 4.49. The molecular formula is C11H8BrClN2S. The third-order valence-electron chi connectivity index (χ3n) is 2.23. The lowest BCUT2D eigenvalue weighted by Crippen LogP contribution is -2.12. The molecule has 16 heavy (non-hydrogen) atoms. The van der Waals surface area contributed by atoms with E-state index in [0.717, 1.165) is 19.7 Å². The second-order valence-electron chi connectivity index (χ2n) is 3.99. The van der Waals surface area contributed by atoms with Gasteiger partial charge in [-0.15, -0.1) is 11.3 Å². The molecule has 0 aliphatic carbocycles. The van der Waals surface area contributed by atoms with Crippen molar-refractivity contribution in [3.8, 4) is 6.07 Å². The Bertz CT molecular complexity index is 598. The van der Waals surface area contributed by atoms with Gasteiger partial charge in [-0.2, -0.15) is 5.26 Å². The van der Waals surface area contributed by atoms with Crippen LogP contribution in [0, 0.1) is 11.3 Å². The summed E-state index contributed by atoms with van der Waals surface area (Å²) in [5, 5.41) is 10.6. The van der Waals surface area contributed by atoms with E-state index in [-0.39, 0.29) is 0 Å². The maximum atomic E-state index is 9.08. The molecule has 0 aliphatic heterocycles. The van der Waals surface area contributed by atoms with Gasteiger partial charge in [-0.3, -0.25) is 0 Å². The minimum atomic E-state index is -0.560. The highest BCUT2D eigenvalue weighted by Crippen LogP contribution is 2.36. The molecular weight excluding hydrogens is 308 g/mol. The van der Waals surface area contributed by atoms with E-state index in [1.54, 1.807) is 0 Å². The van der Waals surface area contributed by atoms with E-state index < -0.39 is 5.41 Å². The van der Waals surface area contributed by atoms with Gasteiger partial charge in [0.2, 0.25) is 0 Å². The van der Waals surface area contributed by atoms with Gasteiger partial charge in [0.1, 0.15) is 10.4 Å². The molecule has 0 amide bonds. The van der Waals surface area contributed by atoms with Crippen molar-refractivity contribution in [1.82, 2.24) is 4.98 Å². The highest BCUT2D eigenvalue weighted by atomic mass is 79.9. The Morgan fingerprint density at radius 2 is 2.19 bits per heavy atom. The molecule has 0 radical (unpaired) electrons. The van der Waals surface area contributed by atoms with Crippen molar-refractivity contribution in [2.45, 2.75) is 19.3 Å². The molecule has 2 nitrogen and oxygen atoms in total. The fourth-order valence-corrected chi connectivity index (χ4v) is 3.45. The van der Waals surface area contributed by atoms with Crippen LogP contribution in [0.25, 0.3) is 10.2 Å². The normalized spacial score (nSPS) is 11.7. The van der Waals surface area contributed by atoms with Crippen molar-refractivity contribution in [3.05, 3.63) is 26.6 Å². The van der Waals surface area contributed by atoms with Gasteiger partial charge in [0, 0.05) is 9.50 Å². The van der Waals surface area contributed by atoms with Gasteiger partial charge in [0.15, 0.2) is 0 Å². The monoisotopic (exact) mass is 314 g/mol. The van der Waals surface area contributed by atoms with E-state index in [1.807, 2.05) is 26.0 Å². The maximum absolute atomic E-state index is 9.08. The Morgan fingerprint density at radius 3 is 2.81 bits per heavy atom. The summed E-state index contributed by atoms with van der Waals surface area (Å²) in [5.41, 5.74) is 0.308. The third-order valence-corrected chi connectivity index (χ3v) is 4.38. The van der Waals surface area contributed by atoms with Gasteiger partial charge in [-0.1, -0.05) is 11.6 Å². The lowest BCUT2D eigenvalue weighted by atomic mass is 9.97. The lowest BCUT2D eigenvalue weighted by Gasteiger charge is -2.09. The Labute approximate surface area is 111 Å². The Morgan fingerprint density at radius 1 is 1.50 bits per heavy atom. The van der Waals surface area contributed by atoms with E-state index in [4.69, 9.17) is 16.9 Å². The summed E-state index contributed by atoms with van der Waals surface area (Å²) in [7, 11) is 0. The standard InChI is InChI=1S/C11H8BrClN2S/c1-11(2,5-14)10-15-9-7(12)3-6(13)4-8(9)16-10/h3-4H,1-2H3. The summed E-state index contributed by atoms with van der Waals surface area (Å²) < 4.78 is 1.86. The molecule has 1 aromatic carbocycles. The second kappa shape index (κ2) is 3.99. The first-order valence-corrected chi connectivity index (χ1v) is 6.60. The average molecular weight is 316 g/mol. The number of benzene rings is 1. The summed E-state index contributed by atoms with van der Waals surface area (Å²) in [6, 6.07) is 5.94. The van der Waals surface area contributed by atoms with Crippen LogP contribution in [0.2, 0.25) is 5.02 Å². The molecule has 1 heterocycles. The largest absolute Gasteiger partial charge is 0.238 e. The molecule has 1 aromatic heterocycles. The zero-order valence-electron chi connectivity index (χ0n) is 8.71. The van der Waals surface area contributed by atoms with Crippen molar-refractivity contribution < 1.29 is 0 Å². The predicted molar refractivity (Wildman–Crippen MR) is 71.0 cm³/mol. The Balaban J connectivity index is 2.71. The lowest BCUT2D eigenvalue weighted by molar-refractivity contribution is 0.682. The number of hydrogen-bond acceptors (Lipinski definition) is 3. The van der Waals surface area contributed by atoms with Gasteiger partial charge in [0.25, 0.3) is 0 Å². The topological polar surface area (TPSA) is 36.7 Å². The van der Waals surface area contributed by atoms with Crippen LogP contribution in [0.4, 0.5) is 0 Å². The predicted octanol–water partition coefficient (Wildman–Crippen LogP) is 4.51. The number of aromatic nitrogens is 1. The SMILES string of the molecule is CC(C)(C#N)c1nc2c(Br)cc(Cl)cc2s1. The summed E-state index contributed by atoms with van der Waals surface area (Å²) in [6.45, 7) is 3.72. The zero-order valence-corrected chi connectivity index (χ0v) is 11.9. The first kappa shape index (κ1) is 11.8. The van der Waals surface area contributed by atoms with E-state index >= 15 is 0 Å². The van der Waals surface area contributed by atoms with Crippen molar-refractivity contribution in [1.29, 1.82) is 5.26 Å². The fourth-order valence-electron chi connectivity index (χ4n) is 1.27. The summed E-state index contributed by atoms with van der Waals surface area (Å²) >= 11 is 10.9. The van der Waals surface area contributed by atoms with Crippen molar-refractivity contribution >= 4 is 49.1 Å². The highest BCUT2D eigenvalue weighted by Gasteiger charge is 2.24. The average Bonchev–Trinajstić information content (AvgIpc) is 2.62. The number of nitrogens with zero attached hydrogens (tertiary/aromatic N) is 2. The van der Waals surface area contributed by atoms with E-state index in [2.05, 4.69) is 27.0 Å². The van der Waals surface area contributed by atoms with Crippen molar-refractivity contribution in [2.24, 2.45) is 0 Å². The van der Waals surface area contributed by atoms with Gasteiger partial charge >= 0.3 is 0 Å². The molecule has 0 atom stereocenters. The van der Waals surface area contributed by atoms with Crippen molar-refractivity contribution in [3.63, 3.8) is 0 Å². The van der Waals surface area contributed by atoms with E-state index in [1.165, 1.54) is 11.3 Å². The number of hydrogen-bond donors (Lipinski definition) is 0. The summed E-state index contributed by atoms with van der Waals surface area (Å²) in [6.07, 6.45) is 0. The quantitative estimate of drug-likeness (QED) is 0.776. The molecule has 82 valence electrons. The molecule has 0 aliphatic rings. The Hall–Kier alpha value is -0.630. The van der Waals surface area contributed by atoms with Crippen LogP contribution in [-0.4, -0.2) is 4.98 Å². The molecule has 2 aromatic rings. The number of fused-ring (bicyclic) bond motifs is 1. The number of thiazole rings is 1. The van der Waals surface area contributed by atoms with Gasteiger partial charge < -0.3 is 0 Å². The van der Waals surface area contributed by atoms with Crippen LogP contribution in [0.5, 0.6) is 0 Å². The first-order chi connectivity index (χ1) is 7.44. The highest BCUT2D eigenvalue weighted by molar-refractivity contribution is 9.10. The Kier molecular flexibility index (Phi) is 2.95. The van der Waals surface area contributed by atoms with Crippen LogP contribution in [0.1, 0.15) is 18.9 Å². The van der Waals surface area contributed by atoms with E-state index in [0.29, 0.717) is 5.02 Å². The molecule has 0 saturated heterocycles. The van der Waals surface area contributed by atoms with Gasteiger partial charge in [0.05, 0.1) is 16.3 Å². The number of nitriles is 1. The molecule has 2 rings (SSSR count). The zero-order chi connectivity index (χ0) is 11.9. The number of rotatable bonds is 1. The fraction of sp³-hybridized carbons (Fsp3) is 0.273. The minimum Gasteiger partial charge on any atom is -0.238 e. The maximum Gasteiger partial charge on any atom is 0.114 e.